The van der Waals surface area contributed by atoms with Crippen LogP contribution in [0, 0.1) is 6.92 Å². The van der Waals surface area contributed by atoms with Gasteiger partial charge in [-0.05, 0) is 50.2 Å². The minimum absolute atomic E-state index is 0.672. The number of thiazole rings is 1. The Balaban J connectivity index is 1.47. The Kier molecular flexibility index (Phi) is 5.73. The van der Waals surface area contributed by atoms with E-state index in [1.807, 2.05) is 44.2 Å². The van der Waals surface area contributed by atoms with E-state index in [1.54, 1.807) is 23.1 Å². The van der Waals surface area contributed by atoms with Crippen LogP contribution in [0.3, 0.4) is 0 Å². The first-order valence-electron chi connectivity index (χ1n) is 9.02. The van der Waals surface area contributed by atoms with Gasteiger partial charge in [-0.1, -0.05) is 30.0 Å². The van der Waals surface area contributed by atoms with Crippen molar-refractivity contribution < 1.29 is 4.74 Å². The molecular weight excluding hydrogens is 388 g/mol. The van der Waals surface area contributed by atoms with Crippen LogP contribution in [0.25, 0.3) is 16.3 Å². The molecule has 0 saturated carbocycles. The molecule has 4 aromatic rings. The molecule has 28 heavy (non-hydrogen) atoms. The second-order valence-corrected chi connectivity index (χ2v) is 7.89. The van der Waals surface area contributed by atoms with E-state index in [4.69, 9.17) is 9.72 Å². The molecule has 2 aromatic carbocycles. The molecule has 0 aliphatic carbocycles. The van der Waals surface area contributed by atoms with E-state index in [9.17, 15) is 0 Å². The lowest BCUT2D eigenvalue weighted by atomic mass is 10.2. The molecular formula is C21H20N4OS2. The molecule has 0 bridgehead atoms. The largest absolute Gasteiger partial charge is 0.494 e. The topological polar surface area (TPSA) is 52.8 Å². The second-order valence-electron chi connectivity index (χ2n) is 6.09. The van der Waals surface area contributed by atoms with Crippen molar-refractivity contribution in [2.75, 3.05) is 6.61 Å². The predicted octanol–water partition coefficient (Wildman–Crippen LogP) is 5.39. The Bertz CT molecular complexity index is 1040. The minimum Gasteiger partial charge on any atom is -0.494 e. The quantitative estimate of drug-likeness (QED) is 0.384. The first kappa shape index (κ1) is 18.7. The number of hydrogen-bond donors (Lipinski definition) is 0. The van der Waals surface area contributed by atoms with Crippen molar-refractivity contribution in [1.29, 1.82) is 0 Å². The molecule has 0 radical (unpaired) electrons. The average molecular weight is 409 g/mol. The lowest BCUT2D eigenvalue weighted by Gasteiger charge is -2.07. The zero-order valence-corrected chi connectivity index (χ0v) is 17.3. The van der Waals surface area contributed by atoms with Gasteiger partial charge in [-0.15, -0.1) is 21.5 Å². The molecule has 142 valence electrons. The summed E-state index contributed by atoms with van der Waals surface area (Å²) in [7, 11) is 0. The molecule has 2 heterocycles. The van der Waals surface area contributed by atoms with Crippen LogP contribution in [-0.2, 0) is 5.75 Å². The summed E-state index contributed by atoms with van der Waals surface area (Å²) in [6.45, 7) is 4.63. The summed E-state index contributed by atoms with van der Waals surface area (Å²) >= 11 is 3.30. The Labute approximate surface area is 172 Å². The summed E-state index contributed by atoms with van der Waals surface area (Å²) in [5.74, 6) is 2.51. The highest BCUT2D eigenvalue weighted by Crippen LogP contribution is 2.29. The third kappa shape index (κ3) is 4.10. The molecule has 0 spiro atoms. The minimum atomic E-state index is 0.672. The lowest BCUT2D eigenvalue weighted by Crippen LogP contribution is -1.98. The van der Waals surface area contributed by atoms with Crippen molar-refractivity contribution in [2.45, 2.75) is 24.8 Å². The van der Waals surface area contributed by atoms with Crippen molar-refractivity contribution >= 4 is 23.1 Å². The zero-order valence-electron chi connectivity index (χ0n) is 15.7. The second kappa shape index (κ2) is 8.58. The van der Waals surface area contributed by atoms with E-state index >= 15 is 0 Å². The van der Waals surface area contributed by atoms with Crippen molar-refractivity contribution in [2.24, 2.45) is 0 Å². The first-order chi connectivity index (χ1) is 13.7. The molecule has 7 heteroatoms. The number of rotatable bonds is 7. The maximum absolute atomic E-state index is 5.50. The van der Waals surface area contributed by atoms with Crippen LogP contribution < -0.4 is 4.74 Å². The van der Waals surface area contributed by atoms with Gasteiger partial charge in [0.25, 0.3) is 0 Å². The Morgan fingerprint density at radius 3 is 2.57 bits per heavy atom. The van der Waals surface area contributed by atoms with Crippen LogP contribution in [0.2, 0.25) is 0 Å². The van der Waals surface area contributed by atoms with Crippen molar-refractivity contribution in [1.82, 2.24) is 19.7 Å². The Morgan fingerprint density at radius 1 is 1.04 bits per heavy atom. The molecule has 0 aliphatic rings. The van der Waals surface area contributed by atoms with Crippen LogP contribution in [0.15, 0.2) is 65.1 Å². The number of benzene rings is 2. The van der Waals surface area contributed by atoms with Crippen molar-refractivity contribution in [3.8, 4) is 22.0 Å². The molecule has 0 unspecified atom stereocenters. The van der Waals surface area contributed by atoms with E-state index in [0.717, 1.165) is 44.4 Å². The molecule has 5 nitrogen and oxygen atoms in total. The molecule has 0 N–H and O–H groups in total. The molecule has 0 atom stereocenters. The molecule has 0 aliphatic heterocycles. The summed E-state index contributed by atoms with van der Waals surface area (Å²) < 4.78 is 7.58. The third-order valence-corrected chi connectivity index (χ3v) is 6.03. The number of aromatic nitrogens is 4. The first-order valence-corrected chi connectivity index (χ1v) is 10.9. The molecule has 4 rings (SSSR count). The fourth-order valence-corrected chi connectivity index (χ4v) is 4.64. The highest BCUT2D eigenvalue weighted by Gasteiger charge is 2.13. The lowest BCUT2D eigenvalue weighted by molar-refractivity contribution is 0.340. The van der Waals surface area contributed by atoms with Crippen LogP contribution >= 0.6 is 23.1 Å². The van der Waals surface area contributed by atoms with E-state index in [-0.39, 0.29) is 0 Å². The summed E-state index contributed by atoms with van der Waals surface area (Å²) in [6, 6.07) is 18.2. The number of aryl methyl sites for hydroxylation is 1. The van der Waals surface area contributed by atoms with Gasteiger partial charge in [0.1, 0.15) is 16.6 Å². The van der Waals surface area contributed by atoms with Crippen molar-refractivity contribution in [3.05, 3.63) is 71.5 Å². The monoisotopic (exact) mass is 408 g/mol. The number of ether oxygens (including phenoxy) is 1. The summed E-state index contributed by atoms with van der Waals surface area (Å²) in [5.41, 5.74) is 3.22. The van der Waals surface area contributed by atoms with Gasteiger partial charge in [-0.3, -0.25) is 4.57 Å². The fraction of sp³-hybridized carbons (Fsp3) is 0.190. The highest BCUT2D eigenvalue weighted by atomic mass is 32.2. The summed E-state index contributed by atoms with van der Waals surface area (Å²) in [4.78, 5) is 4.78. The molecule has 0 saturated heterocycles. The summed E-state index contributed by atoms with van der Waals surface area (Å²) in [5, 5.41) is 12.6. The van der Waals surface area contributed by atoms with Gasteiger partial charge >= 0.3 is 0 Å². The predicted molar refractivity (Wildman–Crippen MR) is 114 cm³/mol. The number of hydrogen-bond acceptors (Lipinski definition) is 6. The van der Waals surface area contributed by atoms with Gasteiger partial charge in [-0.2, -0.15) is 0 Å². The normalized spacial score (nSPS) is 10.9. The van der Waals surface area contributed by atoms with Gasteiger partial charge < -0.3 is 4.74 Å². The standard InChI is InChI=1S/C21H20N4OS2/c1-3-26-19-11-9-16(10-12-19)20-22-17(13-27-20)14-28-21-24-23-15(2)25(21)18-7-5-4-6-8-18/h4-13H,3,14H2,1-2H3. The molecule has 0 amide bonds. The Hall–Kier alpha value is -2.64. The summed E-state index contributed by atoms with van der Waals surface area (Å²) in [6.07, 6.45) is 0. The van der Waals surface area contributed by atoms with Gasteiger partial charge in [-0.25, -0.2) is 4.98 Å². The van der Waals surface area contributed by atoms with Gasteiger partial charge in [0.05, 0.1) is 12.3 Å². The van der Waals surface area contributed by atoms with Gasteiger partial charge in [0.2, 0.25) is 0 Å². The maximum Gasteiger partial charge on any atom is 0.196 e. The smallest absolute Gasteiger partial charge is 0.196 e. The number of para-hydroxylation sites is 1. The fourth-order valence-electron chi connectivity index (χ4n) is 2.82. The van der Waals surface area contributed by atoms with Gasteiger partial charge in [0.15, 0.2) is 5.16 Å². The highest BCUT2D eigenvalue weighted by molar-refractivity contribution is 7.98. The van der Waals surface area contributed by atoms with E-state index < -0.39 is 0 Å². The number of nitrogens with zero attached hydrogens (tertiary/aromatic N) is 4. The van der Waals surface area contributed by atoms with E-state index in [0.29, 0.717) is 6.61 Å². The average Bonchev–Trinajstić information content (AvgIpc) is 3.34. The van der Waals surface area contributed by atoms with Crippen LogP contribution in [0.1, 0.15) is 18.4 Å². The molecule has 0 fully saturated rings. The van der Waals surface area contributed by atoms with E-state index in [1.165, 1.54) is 0 Å². The van der Waals surface area contributed by atoms with Crippen molar-refractivity contribution in [3.63, 3.8) is 0 Å². The molecule has 2 aromatic heterocycles. The van der Waals surface area contributed by atoms with Gasteiger partial charge in [0, 0.05) is 22.4 Å². The zero-order chi connectivity index (χ0) is 19.3. The SMILES string of the molecule is CCOc1ccc(-c2nc(CSc3nnc(C)n3-c3ccccc3)cs2)cc1. The van der Waals surface area contributed by atoms with Crippen LogP contribution in [0.4, 0.5) is 0 Å². The Morgan fingerprint density at radius 2 is 1.82 bits per heavy atom. The van der Waals surface area contributed by atoms with Crippen LogP contribution in [-0.4, -0.2) is 26.4 Å². The maximum atomic E-state index is 5.50. The van der Waals surface area contributed by atoms with E-state index in [2.05, 4.69) is 44.4 Å². The third-order valence-electron chi connectivity index (χ3n) is 4.12. The number of thioether (sulfide) groups is 1. The van der Waals surface area contributed by atoms with Crippen LogP contribution in [0.5, 0.6) is 5.75 Å².